The predicted molar refractivity (Wildman–Crippen MR) is 62.9 cm³/mol. The minimum Gasteiger partial charge on any atom is -0.433 e. The topological polar surface area (TPSA) is 43.4 Å². The van der Waals surface area contributed by atoms with Gasteiger partial charge in [0.1, 0.15) is 11.6 Å². The van der Waals surface area contributed by atoms with E-state index in [1.54, 1.807) is 13.2 Å². The minimum atomic E-state index is -2.82. The first-order valence-corrected chi connectivity index (χ1v) is 5.83. The second-order valence-corrected chi connectivity index (χ2v) is 4.35. The zero-order chi connectivity index (χ0) is 13.0. The van der Waals surface area contributed by atoms with E-state index in [2.05, 4.69) is 15.0 Å². The van der Waals surface area contributed by atoms with Gasteiger partial charge in [-0.3, -0.25) is 0 Å². The van der Waals surface area contributed by atoms with Crippen molar-refractivity contribution in [2.45, 2.75) is 31.5 Å². The molecule has 2 rings (SSSR count). The lowest BCUT2D eigenvalue weighted by Gasteiger charge is -2.40. The molecule has 1 aromatic heterocycles. The van der Waals surface area contributed by atoms with E-state index in [0.29, 0.717) is 12.4 Å². The molecule has 1 aliphatic carbocycles. The van der Waals surface area contributed by atoms with Crippen molar-refractivity contribution >= 4 is 5.82 Å². The summed E-state index contributed by atoms with van der Waals surface area (Å²) in [5.74, 6) is 0.681. The summed E-state index contributed by atoms with van der Waals surface area (Å²) in [5.41, 5.74) is -0.0974. The van der Waals surface area contributed by atoms with Crippen molar-refractivity contribution < 1.29 is 18.3 Å². The fourth-order valence-electron chi connectivity index (χ4n) is 1.93. The van der Waals surface area contributed by atoms with Crippen molar-refractivity contribution in [1.29, 1.82) is 0 Å². The number of hydrogen-bond acceptors (Lipinski definition) is 4. The molecule has 0 saturated heterocycles. The van der Waals surface area contributed by atoms with E-state index in [9.17, 15) is 8.78 Å². The lowest BCUT2D eigenvalue weighted by molar-refractivity contribution is -0.0601. The van der Waals surface area contributed by atoms with Gasteiger partial charge in [0.25, 0.3) is 0 Å². The van der Waals surface area contributed by atoms with Crippen molar-refractivity contribution in [3.8, 4) is 5.75 Å². The molecule has 0 aliphatic heterocycles. The number of nitrogens with zero attached hydrogens (tertiary/aromatic N) is 1. The van der Waals surface area contributed by atoms with E-state index in [0.717, 1.165) is 12.8 Å². The maximum Gasteiger partial charge on any atom is 0.387 e. The molecule has 1 aromatic rings. The van der Waals surface area contributed by atoms with Crippen molar-refractivity contribution in [3.63, 3.8) is 0 Å². The molecular formula is C12H16F2N2O2. The number of ether oxygens (including phenoxy) is 2. The number of hydrogen-bond donors (Lipinski definition) is 1. The van der Waals surface area contributed by atoms with Gasteiger partial charge >= 0.3 is 6.61 Å². The molecule has 1 heterocycles. The molecule has 0 aromatic carbocycles. The molecule has 0 spiro atoms. The van der Waals surface area contributed by atoms with Gasteiger partial charge in [-0.1, -0.05) is 0 Å². The van der Waals surface area contributed by atoms with Crippen LogP contribution in [0.3, 0.4) is 0 Å². The van der Waals surface area contributed by atoms with E-state index in [-0.39, 0.29) is 11.4 Å². The summed E-state index contributed by atoms with van der Waals surface area (Å²) < 4.78 is 33.6. The molecule has 4 nitrogen and oxygen atoms in total. The van der Waals surface area contributed by atoms with Gasteiger partial charge in [0.15, 0.2) is 0 Å². The van der Waals surface area contributed by atoms with Crippen molar-refractivity contribution in [1.82, 2.24) is 4.98 Å². The van der Waals surface area contributed by atoms with Crippen LogP contribution in [0.4, 0.5) is 14.6 Å². The van der Waals surface area contributed by atoms with E-state index < -0.39 is 6.61 Å². The zero-order valence-corrected chi connectivity index (χ0v) is 10.2. The summed E-state index contributed by atoms with van der Waals surface area (Å²) in [6, 6.07) is 3.07. The Morgan fingerprint density at radius 1 is 1.44 bits per heavy atom. The van der Waals surface area contributed by atoms with Gasteiger partial charge < -0.3 is 14.8 Å². The molecule has 1 aliphatic rings. The van der Waals surface area contributed by atoms with Crippen LogP contribution >= 0.6 is 0 Å². The van der Waals surface area contributed by atoms with Gasteiger partial charge in [0.2, 0.25) is 0 Å². The third-order valence-corrected chi connectivity index (χ3v) is 3.25. The lowest BCUT2D eigenvalue weighted by atomic mass is 9.80. The van der Waals surface area contributed by atoms with Crippen LogP contribution in [-0.2, 0) is 4.74 Å². The van der Waals surface area contributed by atoms with E-state index in [1.807, 2.05) is 0 Å². The van der Waals surface area contributed by atoms with Crippen LogP contribution in [0.5, 0.6) is 5.75 Å². The SMILES string of the molecule is COC1(CNc2ccc(OC(F)F)cn2)CCC1. The monoisotopic (exact) mass is 258 g/mol. The Labute approximate surface area is 104 Å². The second kappa shape index (κ2) is 5.48. The van der Waals surface area contributed by atoms with Crippen LogP contribution in [0.25, 0.3) is 0 Å². The van der Waals surface area contributed by atoms with E-state index in [1.165, 1.54) is 18.7 Å². The number of pyridine rings is 1. The first-order chi connectivity index (χ1) is 8.63. The van der Waals surface area contributed by atoms with Crippen LogP contribution in [-0.4, -0.2) is 30.9 Å². The number of anilines is 1. The summed E-state index contributed by atoms with van der Waals surface area (Å²) >= 11 is 0. The number of aromatic nitrogens is 1. The first kappa shape index (κ1) is 13.0. The Hall–Kier alpha value is -1.43. The average Bonchev–Trinajstić information content (AvgIpc) is 2.30. The molecule has 0 bridgehead atoms. The smallest absolute Gasteiger partial charge is 0.387 e. The molecular weight excluding hydrogens is 242 g/mol. The van der Waals surface area contributed by atoms with Gasteiger partial charge in [0.05, 0.1) is 11.8 Å². The molecule has 100 valence electrons. The second-order valence-electron chi connectivity index (χ2n) is 4.35. The van der Waals surface area contributed by atoms with Gasteiger partial charge in [0, 0.05) is 13.7 Å². The molecule has 0 amide bonds. The molecule has 1 saturated carbocycles. The van der Waals surface area contributed by atoms with Gasteiger partial charge in [-0.2, -0.15) is 8.78 Å². The molecule has 6 heteroatoms. The van der Waals surface area contributed by atoms with Crippen LogP contribution in [0, 0.1) is 0 Å². The number of methoxy groups -OCH3 is 1. The number of halogens is 2. The molecule has 0 atom stereocenters. The van der Waals surface area contributed by atoms with Crippen molar-refractivity contribution in [3.05, 3.63) is 18.3 Å². The molecule has 0 radical (unpaired) electrons. The fraction of sp³-hybridized carbons (Fsp3) is 0.583. The summed E-state index contributed by atoms with van der Waals surface area (Å²) in [4.78, 5) is 4.00. The molecule has 0 unspecified atom stereocenters. The number of rotatable bonds is 6. The summed E-state index contributed by atoms with van der Waals surface area (Å²) in [5, 5.41) is 3.14. The molecule has 1 fully saturated rings. The maximum absolute atomic E-state index is 11.9. The van der Waals surface area contributed by atoms with E-state index in [4.69, 9.17) is 4.74 Å². The summed E-state index contributed by atoms with van der Waals surface area (Å²) in [6.07, 6.45) is 4.50. The quantitative estimate of drug-likeness (QED) is 0.852. The Kier molecular flexibility index (Phi) is 3.96. The van der Waals surface area contributed by atoms with E-state index >= 15 is 0 Å². The largest absolute Gasteiger partial charge is 0.433 e. The van der Waals surface area contributed by atoms with Gasteiger partial charge in [-0.25, -0.2) is 4.98 Å². The predicted octanol–water partition coefficient (Wildman–Crippen LogP) is 2.66. The normalized spacial score (nSPS) is 17.3. The molecule has 18 heavy (non-hydrogen) atoms. The Morgan fingerprint density at radius 2 is 2.22 bits per heavy atom. The third-order valence-electron chi connectivity index (χ3n) is 3.25. The van der Waals surface area contributed by atoms with Gasteiger partial charge in [-0.05, 0) is 31.4 Å². The highest BCUT2D eigenvalue weighted by atomic mass is 19.3. The summed E-state index contributed by atoms with van der Waals surface area (Å²) in [6.45, 7) is -2.15. The van der Waals surface area contributed by atoms with Crippen LogP contribution in [0.1, 0.15) is 19.3 Å². The summed E-state index contributed by atoms with van der Waals surface area (Å²) in [7, 11) is 1.70. The maximum atomic E-state index is 11.9. The minimum absolute atomic E-state index is 0.0562. The highest BCUT2D eigenvalue weighted by Gasteiger charge is 2.36. The molecule has 1 N–H and O–H groups in total. The fourth-order valence-corrected chi connectivity index (χ4v) is 1.93. The first-order valence-electron chi connectivity index (χ1n) is 5.83. The van der Waals surface area contributed by atoms with Crippen LogP contribution < -0.4 is 10.1 Å². The Bertz CT molecular complexity index is 375. The Balaban J connectivity index is 1.86. The highest BCUT2D eigenvalue weighted by Crippen LogP contribution is 2.34. The van der Waals surface area contributed by atoms with Crippen molar-refractivity contribution in [2.24, 2.45) is 0 Å². The van der Waals surface area contributed by atoms with Gasteiger partial charge in [-0.15, -0.1) is 0 Å². The average molecular weight is 258 g/mol. The van der Waals surface area contributed by atoms with Crippen LogP contribution in [0.2, 0.25) is 0 Å². The zero-order valence-electron chi connectivity index (χ0n) is 10.2. The van der Waals surface area contributed by atoms with Crippen molar-refractivity contribution in [2.75, 3.05) is 19.0 Å². The van der Waals surface area contributed by atoms with Crippen LogP contribution in [0.15, 0.2) is 18.3 Å². The third kappa shape index (κ3) is 3.07. The number of nitrogens with one attached hydrogen (secondary N) is 1. The lowest BCUT2D eigenvalue weighted by Crippen LogP contribution is -2.45. The Morgan fingerprint density at radius 3 is 2.67 bits per heavy atom. The number of alkyl halides is 2. The standard InChI is InChI=1S/C12H16F2N2O2/c1-17-12(5-2-6-12)8-16-10-4-3-9(7-15-10)18-11(13)14/h3-4,7,11H,2,5-6,8H2,1H3,(H,15,16). The highest BCUT2D eigenvalue weighted by molar-refractivity contribution is 5.38.